The minimum absolute atomic E-state index is 0.703. The maximum atomic E-state index is 10.5. The van der Waals surface area contributed by atoms with Gasteiger partial charge in [0, 0.05) is 17.7 Å². The van der Waals surface area contributed by atoms with E-state index in [1.807, 2.05) is 54.3 Å². The third-order valence-electron chi connectivity index (χ3n) is 2.75. The molecule has 0 saturated carbocycles. The van der Waals surface area contributed by atoms with Gasteiger partial charge in [-0.3, -0.25) is 8.98 Å². The van der Waals surface area contributed by atoms with Crippen LogP contribution in [0, 0.1) is 0 Å². The van der Waals surface area contributed by atoms with E-state index in [9.17, 15) is 17.8 Å². The second-order valence-corrected chi connectivity index (χ2v) is 5.64. The van der Waals surface area contributed by atoms with Crippen LogP contribution in [0.1, 0.15) is 21.5 Å². The lowest BCUT2D eigenvalue weighted by atomic mass is 10.1. The van der Waals surface area contributed by atoms with Gasteiger partial charge in [-0.05, 0) is 11.1 Å². The highest BCUT2D eigenvalue weighted by atomic mass is 32.3. The molecule has 0 aliphatic heterocycles. The lowest BCUT2D eigenvalue weighted by molar-refractivity contribution is -0.671. The van der Waals surface area contributed by atoms with Gasteiger partial charge in [-0.15, -0.1) is 0 Å². The maximum Gasteiger partial charge on any atom is 0.217 e. The predicted octanol–water partition coefficient (Wildman–Crippen LogP) is 1.59. The summed E-state index contributed by atoms with van der Waals surface area (Å²) < 4.78 is 33.0. The van der Waals surface area contributed by atoms with Crippen LogP contribution in [0.15, 0.2) is 48.8 Å². The molecule has 0 fully saturated rings. The van der Waals surface area contributed by atoms with Crippen LogP contribution in [-0.2, 0) is 21.6 Å². The zero-order chi connectivity index (χ0) is 17.3. The van der Waals surface area contributed by atoms with Crippen LogP contribution in [0.3, 0.4) is 0 Å². The summed E-state index contributed by atoms with van der Waals surface area (Å²) in [6, 6.07) is 11.6. The fraction of sp³-hybridized carbons (Fsp3) is 0.125. The molecule has 0 aliphatic carbocycles. The molecule has 23 heavy (non-hydrogen) atoms. The monoisotopic (exact) mass is 335 g/mol. The van der Waals surface area contributed by atoms with Crippen molar-refractivity contribution in [1.82, 2.24) is 0 Å². The van der Waals surface area contributed by atoms with E-state index in [0.29, 0.717) is 5.56 Å². The number of aldehydes is 1. The molecule has 6 nitrogen and oxygen atoms in total. The molecule has 0 aliphatic rings. The van der Waals surface area contributed by atoms with Crippen LogP contribution in [0.2, 0.25) is 0 Å². The normalized spacial score (nSPS) is 10.9. The van der Waals surface area contributed by atoms with Crippen molar-refractivity contribution in [3.8, 4) is 0 Å². The van der Waals surface area contributed by atoms with Crippen molar-refractivity contribution in [3.63, 3.8) is 0 Å². The zero-order valence-corrected chi connectivity index (χ0v) is 13.6. The van der Waals surface area contributed by atoms with Crippen molar-refractivity contribution in [2.75, 3.05) is 7.11 Å². The Morgan fingerprint density at radius 1 is 0.957 bits per heavy atom. The lowest BCUT2D eigenvalue weighted by Gasteiger charge is -1.98. The molecule has 0 N–H and O–H groups in total. The average molecular weight is 335 g/mol. The van der Waals surface area contributed by atoms with Gasteiger partial charge in [0.25, 0.3) is 0 Å². The molecule has 0 amide bonds. The van der Waals surface area contributed by atoms with Gasteiger partial charge in [-0.25, -0.2) is 13.0 Å². The van der Waals surface area contributed by atoms with E-state index in [2.05, 4.69) is 22.4 Å². The summed E-state index contributed by atoms with van der Waals surface area (Å²) in [5.74, 6) is 0. The molecule has 1 aromatic heterocycles. The van der Waals surface area contributed by atoms with Crippen LogP contribution >= 0.6 is 0 Å². The summed E-state index contributed by atoms with van der Waals surface area (Å²) in [6.45, 7) is 0. The standard InChI is InChI=1S/C15H14NO.CH4O4S/c1-16-10-8-14(9-11-16)3-2-13-4-6-15(12-17)7-5-13;1-5-6(2,3)4/h2-12H,1H3;1H3,(H,2,3,4)/q+1;/p-1. The van der Waals surface area contributed by atoms with Gasteiger partial charge < -0.3 is 4.55 Å². The predicted molar refractivity (Wildman–Crippen MR) is 85.1 cm³/mol. The van der Waals surface area contributed by atoms with Crippen LogP contribution in [-0.4, -0.2) is 26.4 Å². The first-order valence-corrected chi connectivity index (χ1v) is 7.87. The van der Waals surface area contributed by atoms with Gasteiger partial charge in [-0.2, -0.15) is 0 Å². The Morgan fingerprint density at radius 3 is 1.74 bits per heavy atom. The molecule has 0 atom stereocenters. The SMILES string of the molecule is COS(=O)(=O)[O-].C[n+]1ccc(C=Cc2ccc(C=O)cc2)cc1. The fourth-order valence-electron chi connectivity index (χ4n) is 1.50. The number of aryl methyl sites for hydroxylation is 1. The molecule has 2 rings (SSSR count). The van der Waals surface area contributed by atoms with Crippen LogP contribution in [0.25, 0.3) is 12.2 Å². The average Bonchev–Trinajstić information content (AvgIpc) is 2.55. The summed E-state index contributed by atoms with van der Waals surface area (Å²) in [5, 5.41) is 0. The molecule has 2 aromatic rings. The Kier molecular flexibility index (Phi) is 7.27. The Bertz CT molecular complexity index is 750. The zero-order valence-electron chi connectivity index (χ0n) is 12.7. The first-order chi connectivity index (χ1) is 10.8. The van der Waals surface area contributed by atoms with E-state index in [4.69, 9.17) is 0 Å². The summed E-state index contributed by atoms with van der Waals surface area (Å²) >= 11 is 0. The number of rotatable bonds is 4. The molecule has 0 bridgehead atoms. The quantitative estimate of drug-likeness (QED) is 0.366. The third kappa shape index (κ3) is 8.01. The molecule has 1 aromatic carbocycles. The highest BCUT2D eigenvalue weighted by Crippen LogP contribution is 2.08. The number of nitrogens with zero attached hydrogens (tertiary/aromatic N) is 1. The van der Waals surface area contributed by atoms with Crippen molar-refractivity contribution in [3.05, 3.63) is 65.5 Å². The number of aromatic nitrogens is 1. The smallest absolute Gasteiger partial charge is 0.217 e. The summed E-state index contributed by atoms with van der Waals surface area (Å²) in [6.07, 6.45) is 8.95. The first-order valence-electron chi connectivity index (χ1n) is 6.54. The van der Waals surface area contributed by atoms with Crippen molar-refractivity contribution in [1.29, 1.82) is 0 Å². The topological polar surface area (TPSA) is 87.4 Å². The number of hydrogen-bond donors (Lipinski definition) is 0. The Hall–Kier alpha value is -2.35. The third-order valence-corrected chi connectivity index (χ3v) is 3.16. The molecule has 7 heteroatoms. The van der Waals surface area contributed by atoms with E-state index < -0.39 is 10.4 Å². The van der Waals surface area contributed by atoms with Crippen LogP contribution < -0.4 is 4.57 Å². The second kappa shape index (κ2) is 8.94. The maximum absolute atomic E-state index is 10.5. The largest absolute Gasteiger partial charge is 0.726 e. The summed E-state index contributed by atoms with van der Waals surface area (Å²) in [4.78, 5) is 10.5. The molecule has 0 radical (unpaired) electrons. The highest BCUT2D eigenvalue weighted by Gasteiger charge is 1.92. The highest BCUT2D eigenvalue weighted by molar-refractivity contribution is 7.80. The minimum Gasteiger partial charge on any atom is -0.726 e. The molecule has 0 unspecified atom stereocenters. The Morgan fingerprint density at radius 2 is 1.35 bits per heavy atom. The van der Waals surface area contributed by atoms with E-state index in [-0.39, 0.29) is 0 Å². The molecule has 0 saturated heterocycles. The van der Waals surface area contributed by atoms with E-state index >= 15 is 0 Å². The van der Waals surface area contributed by atoms with E-state index in [1.54, 1.807) is 0 Å². The van der Waals surface area contributed by atoms with Crippen LogP contribution in [0.5, 0.6) is 0 Å². The van der Waals surface area contributed by atoms with Crippen molar-refractivity contribution >= 4 is 28.8 Å². The summed E-state index contributed by atoms with van der Waals surface area (Å²) in [7, 11) is -1.61. The lowest BCUT2D eigenvalue weighted by Crippen LogP contribution is -2.25. The fourth-order valence-corrected chi connectivity index (χ4v) is 1.50. The van der Waals surface area contributed by atoms with Gasteiger partial charge in [-0.1, -0.05) is 36.4 Å². The number of carbonyl (C=O) groups is 1. The van der Waals surface area contributed by atoms with Gasteiger partial charge in [0.1, 0.15) is 13.3 Å². The van der Waals surface area contributed by atoms with Crippen molar-refractivity contribution in [2.24, 2.45) is 7.05 Å². The van der Waals surface area contributed by atoms with Gasteiger partial charge in [0.05, 0.1) is 7.11 Å². The minimum atomic E-state index is -4.41. The molecular weight excluding hydrogens is 318 g/mol. The molecular formula is C16H17NO5S. The first kappa shape index (κ1) is 18.7. The Labute approximate surface area is 135 Å². The van der Waals surface area contributed by atoms with Crippen molar-refractivity contribution < 1.29 is 26.5 Å². The van der Waals surface area contributed by atoms with Gasteiger partial charge in [0.15, 0.2) is 12.4 Å². The second-order valence-electron chi connectivity index (χ2n) is 4.49. The van der Waals surface area contributed by atoms with E-state index in [1.165, 1.54) is 0 Å². The van der Waals surface area contributed by atoms with E-state index in [0.717, 1.165) is 24.5 Å². The number of hydrogen-bond acceptors (Lipinski definition) is 5. The number of carbonyl (C=O) groups excluding carboxylic acids is 1. The van der Waals surface area contributed by atoms with Gasteiger partial charge >= 0.3 is 0 Å². The number of pyridine rings is 1. The number of benzene rings is 1. The van der Waals surface area contributed by atoms with Crippen LogP contribution in [0.4, 0.5) is 0 Å². The summed E-state index contributed by atoms with van der Waals surface area (Å²) in [5.41, 5.74) is 2.94. The van der Waals surface area contributed by atoms with Crippen molar-refractivity contribution in [2.45, 2.75) is 0 Å². The molecule has 1 heterocycles. The Balaban J connectivity index is 0.000000379. The molecule has 122 valence electrons. The molecule has 0 spiro atoms. The van der Waals surface area contributed by atoms with Gasteiger partial charge in [0.2, 0.25) is 10.4 Å².